The molecule has 0 spiro atoms. The van der Waals surface area contributed by atoms with E-state index in [4.69, 9.17) is 0 Å². The molecule has 1 amide bonds. The van der Waals surface area contributed by atoms with Crippen molar-refractivity contribution >= 4 is 44.1 Å². The number of anilines is 2. The van der Waals surface area contributed by atoms with Crippen molar-refractivity contribution in [2.24, 2.45) is 0 Å². The number of carbonyl (C=O) groups is 1. The standard InChI is InChI=1S/C17H13BrN2O3/c1-10(21)20(12-4-2-3-11(18)7-12)15-5-6-19-14-9-17(23)16(22)8-13(14)15/h2-9,22-23H,1H3. The first-order valence-electron chi connectivity index (χ1n) is 6.84. The van der Waals surface area contributed by atoms with Gasteiger partial charge in [-0.05, 0) is 30.3 Å². The number of halogens is 1. The first-order valence-corrected chi connectivity index (χ1v) is 7.63. The predicted octanol–water partition coefficient (Wildman–Crippen LogP) is 4.09. The monoisotopic (exact) mass is 372 g/mol. The smallest absolute Gasteiger partial charge is 0.228 e. The van der Waals surface area contributed by atoms with E-state index < -0.39 is 0 Å². The van der Waals surface area contributed by atoms with Crippen molar-refractivity contribution in [3.63, 3.8) is 0 Å². The molecule has 0 aliphatic carbocycles. The number of amides is 1. The van der Waals surface area contributed by atoms with Gasteiger partial charge in [0.1, 0.15) is 0 Å². The Morgan fingerprint density at radius 1 is 1.13 bits per heavy atom. The van der Waals surface area contributed by atoms with E-state index in [1.54, 1.807) is 12.3 Å². The number of nitrogens with zero attached hydrogens (tertiary/aromatic N) is 2. The number of aromatic nitrogens is 1. The summed E-state index contributed by atoms with van der Waals surface area (Å²) in [5.74, 6) is -0.688. The normalized spacial score (nSPS) is 10.7. The number of phenolic OH excluding ortho intramolecular Hbond substituents is 2. The maximum absolute atomic E-state index is 12.2. The first kappa shape index (κ1) is 15.3. The number of hydrogen-bond donors (Lipinski definition) is 2. The lowest BCUT2D eigenvalue weighted by Crippen LogP contribution is -2.23. The zero-order valence-electron chi connectivity index (χ0n) is 12.2. The summed E-state index contributed by atoms with van der Waals surface area (Å²) in [6.45, 7) is 1.47. The zero-order chi connectivity index (χ0) is 16.6. The molecular weight excluding hydrogens is 360 g/mol. The fourth-order valence-electron chi connectivity index (χ4n) is 2.46. The van der Waals surface area contributed by atoms with Gasteiger partial charge in [0.15, 0.2) is 11.5 Å². The molecule has 0 saturated heterocycles. The molecule has 1 heterocycles. The van der Waals surface area contributed by atoms with E-state index in [2.05, 4.69) is 20.9 Å². The first-order chi connectivity index (χ1) is 11.0. The van der Waals surface area contributed by atoms with Crippen LogP contribution in [-0.2, 0) is 4.79 Å². The van der Waals surface area contributed by atoms with Crippen LogP contribution >= 0.6 is 15.9 Å². The third kappa shape index (κ3) is 2.85. The van der Waals surface area contributed by atoms with Crippen LogP contribution in [0.1, 0.15) is 6.92 Å². The summed E-state index contributed by atoms with van der Waals surface area (Å²) >= 11 is 3.40. The molecule has 0 bridgehead atoms. The maximum Gasteiger partial charge on any atom is 0.228 e. The average Bonchev–Trinajstić information content (AvgIpc) is 2.49. The third-order valence-electron chi connectivity index (χ3n) is 3.44. The molecule has 23 heavy (non-hydrogen) atoms. The summed E-state index contributed by atoms with van der Waals surface area (Å²) < 4.78 is 0.847. The summed E-state index contributed by atoms with van der Waals surface area (Å²) in [4.78, 5) is 17.9. The zero-order valence-corrected chi connectivity index (χ0v) is 13.8. The molecule has 5 nitrogen and oxygen atoms in total. The van der Waals surface area contributed by atoms with E-state index in [9.17, 15) is 15.0 Å². The Morgan fingerprint density at radius 3 is 2.57 bits per heavy atom. The fraction of sp³-hybridized carbons (Fsp3) is 0.0588. The van der Waals surface area contributed by atoms with Crippen LogP contribution in [0.3, 0.4) is 0 Å². The van der Waals surface area contributed by atoms with Gasteiger partial charge in [-0.15, -0.1) is 0 Å². The summed E-state index contributed by atoms with van der Waals surface area (Å²) in [7, 11) is 0. The molecule has 0 fully saturated rings. The Balaban J connectivity index is 2.27. The van der Waals surface area contributed by atoms with Gasteiger partial charge >= 0.3 is 0 Å². The van der Waals surface area contributed by atoms with Gasteiger partial charge in [0.2, 0.25) is 5.91 Å². The molecule has 2 N–H and O–H groups in total. The van der Waals surface area contributed by atoms with Crippen LogP contribution in [0.5, 0.6) is 11.5 Å². The second-order valence-electron chi connectivity index (χ2n) is 5.02. The Bertz CT molecular complexity index is 911. The second-order valence-corrected chi connectivity index (χ2v) is 5.94. The molecule has 0 aliphatic rings. The Hall–Kier alpha value is -2.60. The fourth-order valence-corrected chi connectivity index (χ4v) is 2.84. The lowest BCUT2D eigenvalue weighted by atomic mass is 10.1. The molecule has 0 atom stereocenters. The molecule has 0 unspecified atom stereocenters. The number of fused-ring (bicyclic) bond motifs is 1. The summed E-state index contributed by atoms with van der Waals surface area (Å²) in [5, 5.41) is 20.0. The van der Waals surface area contributed by atoms with Gasteiger partial charge in [-0.3, -0.25) is 14.7 Å². The van der Waals surface area contributed by atoms with Crippen LogP contribution in [-0.4, -0.2) is 21.1 Å². The maximum atomic E-state index is 12.2. The molecule has 0 saturated carbocycles. The van der Waals surface area contributed by atoms with E-state index in [0.29, 0.717) is 22.3 Å². The second kappa shape index (κ2) is 5.89. The molecule has 3 rings (SSSR count). The summed E-state index contributed by atoms with van der Waals surface area (Å²) in [6.07, 6.45) is 1.56. The molecule has 0 aliphatic heterocycles. The Labute approximate surface area is 140 Å². The quantitative estimate of drug-likeness (QED) is 0.664. The van der Waals surface area contributed by atoms with E-state index in [0.717, 1.165) is 4.47 Å². The van der Waals surface area contributed by atoms with Crippen molar-refractivity contribution in [3.05, 3.63) is 53.1 Å². The van der Waals surface area contributed by atoms with Crippen LogP contribution in [0, 0.1) is 0 Å². The van der Waals surface area contributed by atoms with Crippen LogP contribution in [0.4, 0.5) is 11.4 Å². The largest absolute Gasteiger partial charge is 0.504 e. The average molecular weight is 373 g/mol. The molecule has 6 heteroatoms. The molecule has 1 aromatic heterocycles. The van der Waals surface area contributed by atoms with Crippen molar-refractivity contribution in [1.82, 2.24) is 4.98 Å². The van der Waals surface area contributed by atoms with E-state index in [1.807, 2.05) is 24.3 Å². The Kier molecular flexibility index (Phi) is 3.92. The summed E-state index contributed by atoms with van der Waals surface area (Å²) in [5.41, 5.74) is 1.75. The van der Waals surface area contributed by atoms with Crippen LogP contribution in [0.25, 0.3) is 10.9 Å². The number of phenols is 2. The minimum atomic E-state index is -0.260. The van der Waals surface area contributed by atoms with Gasteiger partial charge in [-0.1, -0.05) is 22.0 Å². The number of carbonyl (C=O) groups excluding carboxylic acids is 1. The van der Waals surface area contributed by atoms with Crippen LogP contribution in [0.15, 0.2) is 53.1 Å². The topological polar surface area (TPSA) is 73.7 Å². The van der Waals surface area contributed by atoms with Crippen molar-refractivity contribution in [3.8, 4) is 11.5 Å². The van der Waals surface area contributed by atoms with Gasteiger partial charge in [-0.25, -0.2) is 0 Å². The van der Waals surface area contributed by atoms with Crippen molar-refractivity contribution in [2.75, 3.05) is 4.90 Å². The highest BCUT2D eigenvalue weighted by Gasteiger charge is 2.18. The number of benzene rings is 2. The number of pyridine rings is 1. The highest BCUT2D eigenvalue weighted by atomic mass is 79.9. The number of rotatable bonds is 2. The molecular formula is C17H13BrN2O3. The predicted molar refractivity (Wildman–Crippen MR) is 92.0 cm³/mol. The Morgan fingerprint density at radius 2 is 1.87 bits per heavy atom. The minimum absolute atomic E-state index is 0.178. The van der Waals surface area contributed by atoms with Gasteiger partial charge < -0.3 is 10.2 Å². The minimum Gasteiger partial charge on any atom is -0.504 e. The van der Waals surface area contributed by atoms with E-state index >= 15 is 0 Å². The van der Waals surface area contributed by atoms with E-state index in [-0.39, 0.29) is 17.4 Å². The van der Waals surface area contributed by atoms with Crippen LogP contribution < -0.4 is 4.90 Å². The highest BCUT2D eigenvalue weighted by molar-refractivity contribution is 9.10. The molecule has 2 aromatic carbocycles. The highest BCUT2D eigenvalue weighted by Crippen LogP contribution is 2.37. The summed E-state index contributed by atoms with van der Waals surface area (Å²) in [6, 6.07) is 11.8. The van der Waals surface area contributed by atoms with Crippen molar-refractivity contribution in [2.45, 2.75) is 6.92 Å². The van der Waals surface area contributed by atoms with Crippen molar-refractivity contribution < 1.29 is 15.0 Å². The lowest BCUT2D eigenvalue weighted by molar-refractivity contribution is -0.115. The van der Waals surface area contributed by atoms with E-state index in [1.165, 1.54) is 24.0 Å². The third-order valence-corrected chi connectivity index (χ3v) is 3.93. The number of aromatic hydroxyl groups is 2. The van der Waals surface area contributed by atoms with Gasteiger partial charge in [0, 0.05) is 29.0 Å². The van der Waals surface area contributed by atoms with Gasteiger partial charge in [-0.2, -0.15) is 0 Å². The SMILES string of the molecule is CC(=O)N(c1cccc(Br)c1)c1ccnc2cc(O)c(O)cc12. The molecule has 0 radical (unpaired) electrons. The molecule has 3 aromatic rings. The van der Waals surface area contributed by atoms with Crippen molar-refractivity contribution in [1.29, 1.82) is 0 Å². The van der Waals surface area contributed by atoms with Crippen LogP contribution in [0.2, 0.25) is 0 Å². The van der Waals surface area contributed by atoms with Gasteiger partial charge in [0.25, 0.3) is 0 Å². The van der Waals surface area contributed by atoms with Gasteiger partial charge in [0.05, 0.1) is 16.9 Å². The molecule has 116 valence electrons. The number of hydrogen-bond acceptors (Lipinski definition) is 4. The lowest BCUT2D eigenvalue weighted by Gasteiger charge is -2.23.